The van der Waals surface area contributed by atoms with Crippen molar-refractivity contribution in [1.29, 1.82) is 0 Å². The van der Waals surface area contributed by atoms with E-state index in [0.717, 1.165) is 30.0 Å². The SMILES string of the molecule is COC1COCCC1N=C1C[C@H]2CN(C(=O)CCc3ccccc3)C[C@@]2(C(=O)N2CCc3ncc(C(F)(F)F)cc3C2)C1. The summed E-state index contributed by atoms with van der Waals surface area (Å²) in [7, 11) is 1.65. The van der Waals surface area contributed by atoms with Crippen molar-refractivity contribution in [1.82, 2.24) is 14.8 Å². The van der Waals surface area contributed by atoms with Crippen LogP contribution < -0.4 is 0 Å². The molecule has 0 N–H and O–H groups in total. The second kappa shape index (κ2) is 12.0. The van der Waals surface area contributed by atoms with Gasteiger partial charge in [0.05, 0.1) is 23.6 Å². The number of aryl methyl sites for hydroxylation is 1. The average Bonchev–Trinajstić information content (AvgIpc) is 3.54. The number of amides is 2. The van der Waals surface area contributed by atoms with Crippen LogP contribution in [0.2, 0.25) is 0 Å². The number of ether oxygens (including phenoxy) is 2. The van der Waals surface area contributed by atoms with Crippen molar-refractivity contribution in [3.05, 3.63) is 65.0 Å². The van der Waals surface area contributed by atoms with Crippen LogP contribution in [0.1, 0.15) is 48.1 Å². The van der Waals surface area contributed by atoms with Crippen LogP contribution in [0.5, 0.6) is 0 Å². The van der Waals surface area contributed by atoms with Gasteiger partial charge in [-0.3, -0.25) is 19.6 Å². The summed E-state index contributed by atoms with van der Waals surface area (Å²) in [6.07, 6.45) is -0.680. The molecule has 2 unspecified atom stereocenters. The fourth-order valence-corrected chi connectivity index (χ4v) is 7.19. The molecule has 4 heterocycles. The van der Waals surface area contributed by atoms with Gasteiger partial charge in [-0.25, -0.2) is 0 Å². The molecular weight excluding hydrogens is 561 g/mol. The molecule has 0 bridgehead atoms. The third-order valence-electron chi connectivity index (χ3n) is 9.52. The molecule has 6 rings (SSSR count). The van der Waals surface area contributed by atoms with E-state index in [1.165, 1.54) is 0 Å². The molecule has 43 heavy (non-hydrogen) atoms. The van der Waals surface area contributed by atoms with Crippen molar-refractivity contribution in [3.63, 3.8) is 0 Å². The molecule has 0 spiro atoms. The van der Waals surface area contributed by atoms with Gasteiger partial charge >= 0.3 is 6.18 Å². The van der Waals surface area contributed by atoms with Crippen LogP contribution in [-0.4, -0.2) is 84.4 Å². The van der Waals surface area contributed by atoms with E-state index in [4.69, 9.17) is 14.5 Å². The zero-order valence-corrected chi connectivity index (χ0v) is 24.3. The number of nitrogens with zero attached hydrogens (tertiary/aromatic N) is 4. The first kappa shape index (κ1) is 29.7. The Hall–Kier alpha value is -3.31. The molecule has 2 aromatic rings. The van der Waals surface area contributed by atoms with Crippen molar-refractivity contribution in [2.75, 3.05) is 40.0 Å². The van der Waals surface area contributed by atoms with Crippen molar-refractivity contribution in [2.45, 2.75) is 63.4 Å². The molecule has 11 heteroatoms. The van der Waals surface area contributed by atoms with Crippen LogP contribution in [0.3, 0.4) is 0 Å². The molecule has 4 atom stereocenters. The lowest BCUT2D eigenvalue weighted by Gasteiger charge is -2.36. The number of fused-ring (bicyclic) bond motifs is 2. The number of halogens is 3. The number of pyridine rings is 1. The van der Waals surface area contributed by atoms with Crippen molar-refractivity contribution < 1.29 is 32.2 Å². The highest BCUT2D eigenvalue weighted by molar-refractivity contribution is 5.98. The molecule has 2 saturated heterocycles. The first-order chi connectivity index (χ1) is 20.7. The largest absolute Gasteiger partial charge is 0.417 e. The average molecular weight is 599 g/mol. The highest BCUT2D eigenvalue weighted by Crippen LogP contribution is 2.50. The summed E-state index contributed by atoms with van der Waals surface area (Å²) in [6, 6.07) is 10.9. The zero-order valence-electron chi connectivity index (χ0n) is 24.3. The van der Waals surface area contributed by atoms with E-state index in [1.807, 2.05) is 35.2 Å². The molecule has 3 fully saturated rings. The van der Waals surface area contributed by atoms with Crippen molar-refractivity contribution in [2.24, 2.45) is 16.3 Å². The molecule has 230 valence electrons. The molecule has 8 nitrogen and oxygen atoms in total. The highest BCUT2D eigenvalue weighted by atomic mass is 19.4. The Morgan fingerprint density at radius 2 is 2.02 bits per heavy atom. The molecule has 0 radical (unpaired) electrons. The lowest BCUT2D eigenvalue weighted by Crippen LogP contribution is -2.49. The highest BCUT2D eigenvalue weighted by Gasteiger charge is 2.59. The van der Waals surface area contributed by atoms with Gasteiger partial charge in [-0.1, -0.05) is 30.3 Å². The maximum atomic E-state index is 14.4. The molecule has 1 saturated carbocycles. The van der Waals surface area contributed by atoms with Gasteiger partial charge in [-0.2, -0.15) is 13.2 Å². The predicted molar refractivity (Wildman–Crippen MR) is 152 cm³/mol. The number of methoxy groups -OCH3 is 1. The van der Waals surface area contributed by atoms with Gasteiger partial charge in [0.15, 0.2) is 0 Å². The van der Waals surface area contributed by atoms with E-state index in [-0.39, 0.29) is 43.0 Å². The number of likely N-dealkylation sites (tertiary alicyclic amines) is 1. The third-order valence-corrected chi connectivity index (χ3v) is 9.52. The van der Waals surface area contributed by atoms with Gasteiger partial charge in [0.1, 0.15) is 6.10 Å². The normalized spacial score (nSPS) is 28.2. The topological polar surface area (TPSA) is 84.3 Å². The minimum Gasteiger partial charge on any atom is -0.379 e. The number of benzene rings is 1. The van der Waals surface area contributed by atoms with Gasteiger partial charge < -0.3 is 19.3 Å². The minimum absolute atomic E-state index is 0.0100. The summed E-state index contributed by atoms with van der Waals surface area (Å²) >= 11 is 0. The number of rotatable bonds is 6. The molecule has 2 amide bonds. The summed E-state index contributed by atoms with van der Waals surface area (Å²) < 4.78 is 51.4. The lowest BCUT2D eigenvalue weighted by atomic mass is 9.78. The number of hydrogen-bond donors (Lipinski definition) is 0. The molecular formula is C32H37F3N4O4. The van der Waals surface area contributed by atoms with Crippen LogP contribution >= 0.6 is 0 Å². The second-order valence-corrected chi connectivity index (χ2v) is 12.2. The molecule has 1 aromatic carbocycles. The van der Waals surface area contributed by atoms with Gasteiger partial charge in [0.25, 0.3) is 0 Å². The van der Waals surface area contributed by atoms with E-state index in [1.54, 1.807) is 12.0 Å². The number of aromatic nitrogens is 1. The first-order valence-electron chi connectivity index (χ1n) is 15.0. The molecule has 1 aliphatic carbocycles. The lowest BCUT2D eigenvalue weighted by molar-refractivity contribution is -0.144. The third kappa shape index (κ3) is 6.06. The maximum Gasteiger partial charge on any atom is 0.417 e. The van der Waals surface area contributed by atoms with Gasteiger partial charge in [-0.15, -0.1) is 0 Å². The summed E-state index contributed by atoms with van der Waals surface area (Å²) in [5.41, 5.74) is 1.37. The summed E-state index contributed by atoms with van der Waals surface area (Å²) in [5, 5.41) is 0. The van der Waals surface area contributed by atoms with E-state index >= 15 is 0 Å². The van der Waals surface area contributed by atoms with Gasteiger partial charge in [0.2, 0.25) is 11.8 Å². The number of alkyl halides is 3. The maximum absolute atomic E-state index is 14.4. The van der Waals surface area contributed by atoms with Crippen LogP contribution in [-0.2, 0) is 44.6 Å². The Morgan fingerprint density at radius 1 is 1.21 bits per heavy atom. The van der Waals surface area contributed by atoms with Crippen LogP contribution in [0.25, 0.3) is 0 Å². The number of aliphatic imine (C=N–C) groups is 1. The van der Waals surface area contributed by atoms with Crippen LogP contribution in [0.4, 0.5) is 13.2 Å². The number of hydrogen-bond acceptors (Lipinski definition) is 6. The van der Waals surface area contributed by atoms with Gasteiger partial charge in [0, 0.05) is 76.8 Å². The fraction of sp³-hybridized carbons (Fsp3) is 0.562. The molecule has 3 aliphatic heterocycles. The Kier molecular flexibility index (Phi) is 8.30. The summed E-state index contributed by atoms with van der Waals surface area (Å²) in [6.45, 7) is 2.26. The minimum atomic E-state index is -4.51. The fourth-order valence-electron chi connectivity index (χ4n) is 7.19. The van der Waals surface area contributed by atoms with Crippen LogP contribution in [0.15, 0.2) is 47.6 Å². The summed E-state index contributed by atoms with van der Waals surface area (Å²) in [4.78, 5) is 40.5. The Morgan fingerprint density at radius 3 is 2.79 bits per heavy atom. The number of carbonyl (C=O) groups excluding carboxylic acids is 2. The predicted octanol–water partition coefficient (Wildman–Crippen LogP) is 4.10. The van der Waals surface area contributed by atoms with E-state index in [0.29, 0.717) is 69.7 Å². The van der Waals surface area contributed by atoms with Crippen LogP contribution in [0, 0.1) is 11.3 Å². The zero-order chi connectivity index (χ0) is 30.2. The number of carbonyl (C=O) groups is 2. The smallest absolute Gasteiger partial charge is 0.379 e. The second-order valence-electron chi connectivity index (χ2n) is 12.2. The van der Waals surface area contributed by atoms with Crippen molar-refractivity contribution >= 4 is 17.5 Å². The first-order valence-corrected chi connectivity index (χ1v) is 15.0. The monoisotopic (exact) mass is 598 g/mol. The Balaban J connectivity index is 1.24. The molecule has 1 aromatic heterocycles. The Labute approximate surface area is 249 Å². The summed E-state index contributed by atoms with van der Waals surface area (Å²) in [5.74, 6) is -0.212. The van der Waals surface area contributed by atoms with E-state index in [2.05, 4.69) is 4.98 Å². The Bertz CT molecular complexity index is 1380. The van der Waals surface area contributed by atoms with Crippen molar-refractivity contribution in [3.8, 4) is 0 Å². The quantitative estimate of drug-likeness (QED) is 0.500. The van der Waals surface area contributed by atoms with E-state index < -0.39 is 17.2 Å². The van der Waals surface area contributed by atoms with Gasteiger partial charge in [-0.05, 0) is 42.4 Å². The standard InChI is InChI=1S/C32H37F3N4O4/c1-42-28-19-43-12-10-27(28)37-25-14-24-18-39(29(40)8-7-21-5-3-2-4-6-21)20-31(24,15-25)30(41)38-11-9-26-22(17-38)13-23(16-36-26)32(33,34)35/h2-6,13,16,24,27-28H,7-12,14-15,17-20H2,1H3/t24-,27?,28?,31-/m0/s1. The van der Waals surface area contributed by atoms with E-state index in [9.17, 15) is 22.8 Å². The molecule has 4 aliphatic rings.